The van der Waals surface area contributed by atoms with Crippen molar-refractivity contribution in [2.75, 3.05) is 5.73 Å². The predicted molar refractivity (Wildman–Crippen MR) is 86.1 cm³/mol. The molecule has 3 rings (SSSR count). The summed E-state index contributed by atoms with van der Waals surface area (Å²) < 4.78 is 15.8. The lowest BCUT2D eigenvalue weighted by Crippen LogP contribution is -2.21. The zero-order valence-electron chi connectivity index (χ0n) is 11.9. The molecule has 2 N–H and O–H groups in total. The third kappa shape index (κ3) is 2.76. The summed E-state index contributed by atoms with van der Waals surface area (Å²) >= 11 is 0. The van der Waals surface area contributed by atoms with Crippen LogP contribution in [0.3, 0.4) is 0 Å². The van der Waals surface area contributed by atoms with Gasteiger partial charge in [0.1, 0.15) is 5.82 Å². The monoisotopic (exact) mass is 294 g/mol. The van der Waals surface area contributed by atoms with Crippen LogP contribution in [0.15, 0.2) is 71.5 Å². The fraction of sp³-hybridized carbons (Fsp3) is 0.0556. The molecule has 0 aliphatic rings. The topological polar surface area (TPSA) is 48.0 Å². The lowest BCUT2D eigenvalue weighted by atomic mass is 10.1. The third-order valence-electron chi connectivity index (χ3n) is 3.50. The number of rotatable bonds is 3. The Kier molecular flexibility index (Phi) is 3.74. The summed E-state index contributed by atoms with van der Waals surface area (Å²) in [6.07, 6.45) is 0. The lowest BCUT2D eigenvalue weighted by molar-refractivity contribution is 0.628. The number of anilines is 1. The third-order valence-corrected chi connectivity index (χ3v) is 3.50. The zero-order valence-corrected chi connectivity index (χ0v) is 11.9. The molecule has 0 aliphatic heterocycles. The van der Waals surface area contributed by atoms with Crippen LogP contribution >= 0.6 is 0 Å². The summed E-state index contributed by atoms with van der Waals surface area (Å²) in [6.45, 7) is 0.389. The van der Waals surface area contributed by atoms with Crippen molar-refractivity contribution in [2.45, 2.75) is 6.54 Å². The summed E-state index contributed by atoms with van der Waals surface area (Å²) in [5, 5.41) is 0. The Balaban J connectivity index is 2.13. The Hall–Kier alpha value is -2.88. The van der Waals surface area contributed by atoms with E-state index in [1.165, 1.54) is 12.1 Å². The van der Waals surface area contributed by atoms with Gasteiger partial charge < -0.3 is 10.3 Å². The van der Waals surface area contributed by atoms with Crippen molar-refractivity contribution in [1.29, 1.82) is 0 Å². The average molecular weight is 294 g/mol. The average Bonchev–Trinajstić information content (AvgIpc) is 2.51. The van der Waals surface area contributed by atoms with Crippen LogP contribution in [-0.4, -0.2) is 4.57 Å². The maximum absolute atomic E-state index is 14.2. The molecule has 3 nitrogen and oxygen atoms in total. The van der Waals surface area contributed by atoms with Gasteiger partial charge in [-0.05, 0) is 29.8 Å². The van der Waals surface area contributed by atoms with Crippen LogP contribution in [0.25, 0.3) is 11.3 Å². The minimum absolute atomic E-state index is 0.169. The van der Waals surface area contributed by atoms with E-state index in [2.05, 4.69) is 0 Å². The summed E-state index contributed by atoms with van der Waals surface area (Å²) in [6, 6.07) is 18.9. The lowest BCUT2D eigenvalue weighted by Gasteiger charge is -2.14. The molecule has 0 unspecified atom stereocenters. The van der Waals surface area contributed by atoms with E-state index >= 15 is 0 Å². The van der Waals surface area contributed by atoms with Crippen molar-refractivity contribution in [2.24, 2.45) is 0 Å². The summed E-state index contributed by atoms with van der Waals surface area (Å²) in [5.41, 5.74) is 7.65. The number of pyridine rings is 1. The molecular formula is C18H15FN2O. The van der Waals surface area contributed by atoms with Crippen LogP contribution in [0, 0.1) is 5.82 Å². The Morgan fingerprint density at radius 2 is 1.73 bits per heavy atom. The van der Waals surface area contributed by atoms with E-state index in [9.17, 15) is 9.18 Å². The first kappa shape index (κ1) is 14.1. The van der Waals surface area contributed by atoms with Gasteiger partial charge in [0.2, 0.25) is 0 Å². The Labute approximate surface area is 127 Å². The molecule has 0 spiro atoms. The van der Waals surface area contributed by atoms with Crippen LogP contribution < -0.4 is 11.3 Å². The predicted octanol–water partition coefficient (Wildman–Crippen LogP) is 3.28. The highest BCUT2D eigenvalue weighted by Crippen LogP contribution is 2.24. The second kappa shape index (κ2) is 5.85. The van der Waals surface area contributed by atoms with Gasteiger partial charge in [0.25, 0.3) is 5.56 Å². The molecule has 1 heterocycles. The molecule has 0 fully saturated rings. The Morgan fingerprint density at radius 3 is 2.45 bits per heavy atom. The number of hydrogen-bond acceptors (Lipinski definition) is 2. The van der Waals surface area contributed by atoms with Crippen molar-refractivity contribution >= 4 is 5.69 Å². The van der Waals surface area contributed by atoms with Gasteiger partial charge in [0, 0.05) is 17.3 Å². The first-order valence-electron chi connectivity index (χ1n) is 6.94. The highest BCUT2D eigenvalue weighted by atomic mass is 19.1. The largest absolute Gasteiger partial charge is 0.399 e. The normalized spacial score (nSPS) is 10.6. The molecule has 0 bridgehead atoms. The minimum Gasteiger partial charge on any atom is -0.399 e. The van der Waals surface area contributed by atoms with Gasteiger partial charge >= 0.3 is 0 Å². The Bertz CT molecular complexity index is 856. The van der Waals surface area contributed by atoms with Gasteiger partial charge in [-0.3, -0.25) is 4.79 Å². The van der Waals surface area contributed by atoms with E-state index in [-0.39, 0.29) is 5.56 Å². The molecule has 4 heteroatoms. The molecule has 0 saturated carbocycles. The van der Waals surface area contributed by atoms with E-state index in [0.717, 1.165) is 5.56 Å². The van der Waals surface area contributed by atoms with E-state index in [0.29, 0.717) is 23.5 Å². The zero-order chi connectivity index (χ0) is 15.5. The van der Waals surface area contributed by atoms with E-state index in [4.69, 9.17) is 5.73 Å². The van der Waals surface area contributed by atoms with Crippen molar-refractivity contribution in [3.05, 3.63) is 88.5 Å². The van der Waals surface area contributed by atoms with Gasteiger partial charge in [-0.15, -0.1) is 0 Å². The molecule has 2 aromatic carbocycles. The second-order valence-corrected chi connectivity index (χ2v) is 5.06. The number of hydrogen-bond donors (Lipinski definition) is 1. The first-order chi connectivity index (χ1) is 10.6. The van der Waals surface area contributed by atoms with Crippen molar-refractivity contribution in [1.82, 2.24) is 4.57 Å². The van der Waals surface area contributed by atoms with Gasteiger partial charge in [-0.25, -0.2) is 4.39 Å². The van der Waals surface area contributed by atoms with Crippen molar-refractivity contribution in [3.8, 4) is 11.3 Å². The molecule has 110 valence electrons. The highest BCUT2D eigenvalue weighted by molar-refractivity contribution is 5.63. The second-order valence-electron chi connectivity index (χ2n) is 5.06. The number of benzene rings is 2. The molecular weight excluding hydrogens is 279 g/mol. The number of nitrogens with two attached hydrogens (primary N) is 1. The summed E-state index contributed by atoms with van der Waals surface area (Å²) in [7, 11) is 0. The van der Waals surface area contributed by atoms with Crippen LogP contribution in [0.5, 0.6) is 0 Å². The standard InChI is InChI=1S/C18H15FN2O/c19-16-11-14(20)9-10-15(16)17-7-4-8-18(22)21(17)12-13-5-2-1-3-6-13/h1-11H,12,20H2. The van der Waals surface area contributed by atoms with E-state index < -0.39 is 5.82 Å². The van der Waals surface area contributed by atoms with Crippen molar-refractivity contribution in [3.63, 3.8) is 0 Å². The Morgan fingerprint density at radius 1 is 0.955 bits per heavy atom. The van der Waals surface area contributed by atoms with Crippen LogP contribution in [0.1, 0.15) is 5.56 Å². The number of aromatic nitrogens is 1. The number of nitrogen functional groups attached to an aromatic ring is 1. The fourth-order valence-electron chi connectivity index (χ4n) is 2.42. The molecule has 3 aromatic rings. The van der Waals surface area contributed by atoms with Gasteiger partial charge in [-0.2, -0.15) is 0 Å². The summed E-state index contributed by atoms with van der Waals surface area (Å²) in [4.78, 5) is 12.2. The molecule has 0 saturated heterocycles. The molecule has 0 aliphatic carbocycles. The first-order valence-corrected chi connectivity index (χ1v) is 6.94. The number of halogens is 1. The molecule has 0 radical (unpaired) electrons. The molecule has 0 amide bonds. The molecule has 0 atom stereocenters. The van der Waals surface area contributed by atoms with Gasteiger partial charge in [0.05, 0.1) is 12.2 Å². The maximum Gasteiger partial charge on any atom is 0.251 e. The van der Waals surface area contributed by atoms with Gasteiger partial charge in [-0.1, -0.05) is 36.4 Å². The highest BCUT2D eigenvalue weighted by Gasteiger charge is 2.11. The smallest absolute Gasteiger partial charge is 0.251 e. The van der Waals surface area contributed by atoms with E-state index in [1.54, 1.807) is 28.8 Å². The van der Waals surface area contributed by atoms with Gasteiger partial charge in [0.15, 0.2) is 0 Å². The van der Waals surface area contributed by atoms with Crippen LogP contribution in [0.4, 0.5) is 10.1 Å². The van der Waals surface area contributed by atoms with Crippen LogP contribution in [0.2, 0.25) is 0 Å². The van der Waals surface area contributed by atoms with E-state index in [1.807, 2.05) is 30.3 Å². The molecule has 1 aromatic heterocycles. The SMILES string of the molecule is Nc1ccc(-c2cccc(=O)n2Cc2ccccc2)c(F)c1. The molecule has 22 heavy (non-hydrogen) atoms. The maximum atomic E-state index is 14.2. The summed E-state index contributed by atoms with van der Waals surface area (Å²) in [5.74, 6) is -0.438. The number of nitrogens with zero attached hydrogens (tertiary/aromatic N) is 1. The van der Waals surface area contributed by atoms with Crippen LogP contribution in [-0.2, 0) is 6.54 Å². The minimum atomic E-state index is -0.438. The van der Waals surface area contributed by atoms with Crippen molar-refractivity contribution < 1.29 is 4.39 Å². The fourth-order valence-corrected chi connectivity index (χ4v) is 2.42. The quantitative estimate of drug-likeness (QED) is 0.754.